The largest absolute Gasteiger partial charge is 0.355 e. The Kier molecular flexibility index (Phi) is 10.3. The molecule has 3 heteroatoms. The van der Waals surface area contributed by atoms with Crippen LogP contribution >= 0.6 is 0 Å². The predicted octanol–water partition coefficient (Wildman–Crippen LogP) is 3.34. The Hall–Kier alpha value is -0.570. The average Bonchev–Trinajstić information content (AvgIpc) is 2.22. The van der Waals surface area contributed by atoms with Gasteiger partial charge in [-0.15, -0.1) is 0 Å². The Bertz CT molecular complexity index is 212. The Labute approximate surface area is 114 Å². The van der Waals surface area contributed by atoms with Gasteiger partial charge >= 0.3 is 0 Å². The van der Waals surface area contributed by atoms with Crippen molar-refractivity contribution in [1.29, 1.82) is 0 Å². The van der Waals surface area contributed by atoms with Gasteiger partial charge in [-0.3, -0.25) is 4.79 Å². The molecule has 0 saturated heterocycles. The van der Waals surface area contributed by atoms with Gasteiger partial charge in [0, 0.05) is 25.0 Å². The number of carbonyl (C=O) groups excluding carboxylic acids is 1. The normalized spacial score (nSPS) is 11.6. The number of hydrogen-bond acceptors (Lipinski definition) is 2. The molecule has 110 valence electrons. The monoisotopic (exact) mass is 258 g/mol. The maximum atomic E-state index is 11.5. The minimum absolute atomic E-state index is 0.121. The van der Waals surface area contributed by atoms with E-state index in [1.165, 1.54) is 0 Å². The van der Waals surface area contributed by atoms with E-state index >= 15 is 0 Å². The molecule has 0 bridgehead atoms. The van der Waals surface area contributed by atoms with E-state index in [1.54, 1.807) is 0 Å². The summed E-state index contributed by atoms with van der Waals surface area (Å²) < 4.78 is 0. The molecule has 0 radical (unpaired) electrons. The maximum absolute atomic E-state index is 11.5. The number of rotatable bonds is 5. The van der Waals surface area contributed by atoms with Crippen LogP contribution in [0, 0.1) is 5.41 Å². The van der Waals surface area contributed by atoms with Crippen molar-refractivity contribution in [3.63, 3.8) is 0 Å². The summed E-state index contributed by atoms with van der Waals surface area (Å²) in [6.07, 6.45) is 1.56. The van der Waals surface area contributed by atoms with Crippen molar-refractivity contribution >= 4 is 5.91 Å². The second kappa shape index (κ2) is 9.37. The van der Waals surface area contributed by atoms with Crippen molar-refractivity contribution in [1.82, 2.24) is 10.6 Å². The second-order valence-corrected chi connectivity index (χ2v) is 6.59. The van der Waals surface area contributed by atoms with Crippen molar-refractivity contribution in [2.75, 3.05) is 13.1 Å². The highest BCUT2D eigenvalue weighted by Gasteiger charge is 2.12. The molecule has 0 aliphatic carbocycles. The van der Waals surface area contributed by atoms with E-state index in [9.17, 15) is 4.79 Å². The number of nitrogens with one attached hydrogen (secondary N) is 2. The first-order valence-electron chi connectivity index (χ1n) is 7.12. The molecule has 0 aliphatic rings. The van der Waals surface area contributed by atoms with E-state index in [2.05, 4.69) is 52.2 Å². The number of hydrogen-bond donors (Lipinski definition) is 2. The molecule has 0 rings (SSSR count). The van der Waals surface area contributed by atoms with Crippen LogP contribution in [-0.4, -0.2) is 24.5 Å². The molecule has 0 saturated carbocycles. The lowest BCUT2D eigenvalue weighted by molar-refractivity contribution is -0.121. The highest BCUT2D eigenvalue weighted by molar-refractivity contribution is 5.75. The van der Waals surface area contributed by atoms with E-state index < -0.39 is 0 Å². The molecular weight excluding hydrogens is 224 g/mol. The molecular formula is C15H34N2O. The van der Waals surface area contributed by atoms with Crippen LogP contribution in [0.25, 0.3) is 0 Å². The lowest BCUT2D eigenvalue weighted by atomic mass is 9.90. The van der Waals surface area contributed by atoms with Gasteiger partial charge in [-0.05, 0) is 32.6 Å². The van der Waals surface area contributed by atoms with Gasteiger partial charge in [0.25, 0.3) is 0 Å². The Balaban J connectivity index is 0. The Morgan fingerprint density at radius 2 is 1.44 bits per heavy atom. The van der Waals surface area contributed by atoms with Gasteiger partial charge in [0.1, 0.15) is 0 Å². The molecule has 2 N–H and O–H groups in total. The molecule has 1 amide bonds. The molecule has 0 aromatic rings. The molecule has 0 atom stereocenters. The first-order valence-corrected chi connectivity index (χ1v) is 7.12. The predicted molar refractivity (Wildman–Crippen MR) is 80.8 cm³/mol. The summed E-state index contributed by atoms with van der Waals surface area (Å²) >= 11 is 0. The molecule has 0 aromatic carbocycles. The van der Waals surface area contributed by atoms with Crippen LogP contribution in [0.15, 0.2) is 0 Å². The van der Waals surface area contributed by atoms with Gasteiger partial charge in [-0.2, -0.15) is 0 Å². The molecule has 0 fully saturated rings. The van der Waals surface area contributed by atoms with Gasteiger partial charge in [0.2, 0.25) is 5.91 Å². The summed E-state index contributed by atoms with van der Waals surface area (Å²) in [5.74, 6) is 0.158. The molecule has 0 aromatic heterocycles. The van der Waals surface area contributed by atoms with Gasteiger partial charge in [-0.1, -0.05) is 34.6 Å². The topological polar surface area (TPSA) is 41.1 Å². The van der Waals surface area contributed by atoms with Crippen LogP contribution in [0.4, 0.5) is 0 Å². The van der Waals surface area contributed by atoms with E-state index in [0.29, 0.717) is 13.0 Å². The summed E-state index contributed by atoms with van der Waals surface area (Å²) in [6, 6.07) is 0. The summed E-state index contributed by atoms with van der Waals surface area (Å²) in [5.41, 5.74) is 0.358. The smallest absolute Gasteiger partial charge is 0.220 e. The van der Waals surface area contributed by atoms with Crippen molar-refractivity contribution in [2.24, 2.45) is 5.41 Å². The van der Waals surface area contributed by atoms with Gasteiger partial charge in [0.15, 0.2) is 0 Å². The summed E-state index contributed by atoms with van der Waals surface area (Å²) in [6.45, 7) is 18.4. The third kappa shape index (κ3) is 17.8. The van der Waals surface area contributed by atoms with Crippen LogP contribution in [0.5, 0.6) is 0 Å². The highest BCUT2D eigenvalue weighted by Crippen LogP contribution is 2.19. The van der Waals surface area contributed by atoms with Crippen molar-refractivity contribution in [3.05, 3.63) is 0 Å². The number of amides is 1. The molecule has 0 unspecified atom stereocenters. The summed E-state index contributed by atoms with van der Waals surface area (Å²) in [7, 11) is 0. The van der Waals surface area contributed by atoms with E-state index in [-0.39, 0.29) is 16.9 Å². The molecule has 0 aliphatic heterocycles. The fourth-order valence-electron chi connectivity index (χ4n) is 1.22. The molecule has 18 heavy (non-hydrogen) atoms. The SMILES string of the molecule is CC.CC(C)(C)CCC(=O)NCCNC(C)(C)C. The third-order valence-corrected chi connectivity index (χ3v) is 2.20. The summed E-state index contributed by atoms with van der Waals surface area (Å²) in [4.78, 5) is 11.5. The van der Waals surface area contributed by atoms with Crippen LogP contribution in [0.2, 0.25) is 0 Å². The van der Waals surface area contributed by atoms with Crippen LogP contribution < -0.4 is 10.6 Å². The lowest BCUT2D eigenvalue weighted by Gasteiger charge is -2.21. The fourth-order valence-corrected chi connectivity index (χ4v) is 1.22. The van der Waals surface area contributed by atoms with Crippen molar-refractivity contribution < 1.29 is 4.79 Å². The van der Waals surface area contributed by atoms with Crippen LogP contribution in [-0.2, 0) is 4.79 Å². The maximum Gasteiger partial charge on any atom is 0.220 e. The third-order valence-electron chi connectivity index (χ3n) is 2.20. The number of carbonyl (C=O) groups is 1. The van der Waals surface area contributed by atoms with Gasteiger partial charge < -0.3 is 10.6 Å². The van der Waals surface area contributed by atoms with Crippen LogP contribution in [0.3, 0.4) is 0 Å². The van der Waals surface area contributed by atoms with Gasteiger partial charge in [0.05, 0.1) is 0 Å². The quantitative estimate of drug-likeness (QED) is 0.743. The Morgan fingerprint density at radius 3 is 1.83 bits per heavy atom. The molecule has 0 spiro atoms. The zero-order valence-corrected chi connectivity index (χ0v) is 13.7. The first-order chi connectivity index (χ1) is 8.10. The second-order valence-electron chi connectivity index (χ2n) is 6.59. The first kappa shape index (κ1) is 19.8. The van der Waals surface area contributed by atoms with Gasteiger partial charge in [-0.25, -0.2) is 0 Å². The lowest BCUT2D eigenvalue weighted by Crippen LogP contribution is -2.41. The molecule has 0 heterocycles. The van der Waals surface area contributed by atoms with E-state index in [4.69, 9.17) is 0 Å². The van der Waals surface area contributed by atoms with Crippen molar-refractivity contribution in [2.45, 2.75) is 73.8 Å². The minimum Gasteiger partial charge on any atom is -0.355 e. The van der Waals surface area contributed by atoms with Crippen LogP contribution in [0.1, 0.15) is 68.2 Å². The standard InChI is InChI=1S/C13H28N2O.C2H6/c1-12(2,3)8-7-11(16)14-9-10-15-13(4,5)6;1-2/h15H,7-10H2,1-6H3,(H,14,16);1-2H3. The zero-order valence-electron chi connectivity index (χ0n) is 13.7. The molecule has 3 nitrogen and oxygen atoms in total. The summed E-state index contributed by atoms with van der Waals surface area (Å²) in [5, 5.41) is 6.26. The Morgan fingerprint density at radius 1 is 0.944 bits per heavy atom. The highest BCUT2D eigenvalue weighted by atomic mass is 16.1. The van der Waals surface area contributed by atoms with Crippen molar-refractivity contribution in [3.8, 4) is 0 Å². The van der Waals surface area contributed by atoms with E-state index in [0.717, 1.165) is 13.0 Å². The van der Waals surface area contributed by atoms with E-state index in [1.807, 2.05) is 13.8 Å². The average molecular weight is 258 g/mol. The minimum atomic E-state index is 0.121. The fraction of sp³-hybridized carbons (Fsp3) is 0.933. The zero-order chi connectivity index (χ0) is 14.8.